The zero-order valence-corrected chi connectivity index (χ0v) is 10.3. The third-order valence-electron chi connectivity index (χ3n) is 1.88. The van der Waals surface area contributed by atoms with Gasteiger partial charge in [0.05, 0.1) is 7.11 Å². The number of methoxy groups -OCH3 is 1. The van der Waals surface area contributed by atoms with Crippen LogP contribution in [0.2, 0.25) is 0 Å². The molecule has 0 saturated heterocycles. The number of hydrogen-bond donors (Lipinski definition) is 1. The molecular weight excluding hydrogens is 260 g/mol. The summed E-state index contributed by atoms with van der Waals surface area (Å²) in [5, 5.41) is 6.18. The highest BCUT2D eigenvalue weighted by Crippen LogP contribution is 2.13. The Morgan fingerprint density at radius 3 is 2.89 bits per heavy atom. The van der Waals surface area contributed by atoms with Crippen molar-refractivity contribution in [3.63, 3.8) is 0 Å². The fraction of sp³-hybridized carbons (Fsp3) is 0.222. The van der Waals surface area contributed by atoms with Crippen molar-refractivity contribution >= 4 is 28.5 Å². The van der Waals surface area contributed by atoms with Gasteiger partial charge < -0.3 is 9.26 Å². The molecule has 0 saturated carbocycles. The van der Waals surface area contributed by atoms with E-state index in [1.165, 1.54) is 13.2 Å². The van der Waals surface area contributed by atoms with Gasteiger partial charge in [0.15, 0.2) is 5.69 Å². The molecule has 0 aliphatic rings. The summed E-state index contributed by atoms with van der Waals surface area (Å²) in [6.45, 7) is 1.67. The molecule has 0 spiro atoms. The summed E-state index contributed by atoms with van der Waals surface area (Å²) in [6, 6.07) is 1.48. The quantitative estimate of drug-likeness (QED) is 0.823. The van der Waals surface area contributed by atoms with Crippen molar-refractivity contribution in [1.82, 2.24) is 14.5 Å². The highest BCUT2D eigenvalue weighted by atomic mass is 32.1. The molecule has 1 amide bonds. The number of carbonyl (C=O) groups excluding carboxylic acids is 2. The van der Waals surface area contributed by atoms with Gasteiger partial charge in [-0.2, -0.15) is 9.36 Å². The zero-order chi connectivity index (χ0) is 13.1. The summed E-state index contributed by atoms with van der Waals surface area (Å²) in [6.07, 6.45) is 0. The van der Waals surface area contributed by atoms with Crippen LogP contribution < -0.4 is 5.32 Å². The van der Waals surface area contributed by atoms with Gasteiger partial charge in [0.2, 0.25) is 5.13 Å². The predicted molar refractivity (Wildman–Crippen MR) is 60.4 cm³/mol. The van der Waals surface area contributed by atoms with E-state index < -0.39 is 11.9 Å². The first-order valence-corrected chi connectivity index (χ1v) is 5.54. The van der Waals surface area contributed by atoms with E-state index in [0.717, 1.165) is 11.5 Å². The molecule has 2 heterocycles. The molecule has 0 fully saturated rings. The lowest BCUT2D eigenvalue weighted by molar-refractivity contribution is 0.0588. The van der Waals surface area contributed by atoms with Crippen LogP contribution in [-0.2, 0) is 4.74 Å². The number of amides is 1. The average Bonchev–Trinajstić information content (AvgIpc) is 2.97. The number of ether oxygens (including phenoxy) is 1. The highest BCUT2D eigenvalue weighted by Gasteiger charge is 2.16. The van der Waals surface area contributed by atoms with E-state index in [9.17, 15) is 9.59 Å². The lowest BCUT2D eigenvalue weighted by Gasteiger charge is -1.95. The second-order valence-corrected chi connectivity index (χ2v) is 3.94. The van der Waals surface area contributed by atoms with Gasteiger partial charge in [-0.25, -0.2) is 4.79 Å². The molecule has 2 aromatic heterocycles. The molecule has 94 valence electrons. The van der Waals surface area contributed by atoms with Crippen LogP contribution >= 0.6 is 11.5 Å². The topological polar surface area (TPSA) is 107 Å². The van der Waals surface area contributed by atoms with Crippen LogP contribution in [0.25, 0.3) is 0 Å². The van der Waals surface area contributed by atoms with E-state index in [4.69, 9.17) is 4.52 Å². The lowest BCUT2D eigenvalue weighted by Crippen LogP contribution is -2.12. The van der Waals surface area contributed by atoms with Crippen LogP contribution in [0, 0.1) is 6.92 Å². The number of nitrogens with one attached hydrogen (secondary N) is 1. The fourth-order valence-corrected chi connectivity index (χ4v) is 1.64. The number of anilines is 1. The Balaban J connectivity index is 2.08. The molecule has 0 atom stereocenters. The van der Waals surface area contributed by atoms with Crippen molar-refractivity contribution in [2.24, 2.45) is 0 Å². The SMILES string of the molecule is COC(=O)c1nsc(NC(=O)c2cc(C)on2)n1. The van der Waals surface area contributed by atoms with Crippen LogP contribution in [0.15, 0.2) is 10.6 Å². The molecule has 1 N–H and O–H groups in total. The second kappa shape index (κ2) is 4.92. The summed E-state index contributed by atoms with van der Waals surface area (Å²) >= 11 is 0.871. The number of carbonyl (C=O) groups is 2. The van der Waals surface area contributed by atoms with E-state index in [-0.39, 0.29) is 16.6 Å². The third-order valence-corrected chi connectivity index (χ3v) is 2.51. The maximum Gasteiger partial charge on any atom is 0.377 e. The Morgan fingerprint density at radius 2 is 2.28 bits per heavy atom. The van der Waals surface area contributed by atoms with Gasteiger partial charge in [-0.05, 0) is 6.92 Å². The molecular formula is C9H8N4O4S. The monoisotopic (exact) mass is 268 g/mol. The molecule has 8 nitrogen and oxygen atoms in total. The van der Waals surface area contributed by atoms with Gasteiger partial charge in [0.25, 0.3) is 11.7 Å². The summed E-state index contributed by atoms with van der Waals surface area (Å²) in [5.41, 5.74) is 0.127. The maximum absolute atomic E-state index is 11.7. The standard InChI is InChI=1S/C9H8N4O4S/c1-4-3-5(12-17-4)7(14)11-9-10-6(13-18-9)8(15)16-2/h3H,1-2H3,(H,10,11,13,14). The predicted octanol–water partition coefficient (Wildman–Crippen LogP) is 0.873. The smallest absolute Gasteiger partial charge is 0.377 e. The molecule has 0 bridgehead atoms. The van der Waals surface area contributed by atoms with Crippen LogP contribution in [0.1, 0.15) is 26.9 Å². The van der Waals surface area contributed by atoms with Gasteiger partial charge >= 0.3 is 5.97 Å². The van der Waals surface area contributed by atoms with Crippen LogP contribution in [-0.4, -0.2) is 33.5 Å². The van der Waals surface area contributed by atoms with Crippen LogP contribution in [0.5, 0.6) is 0 Å². The van der Waals surface area contributed by atoms with Gasteiger partial charge in [-0.15, -0.1) is 0 Å². The molecule has 2 rings (SSSR count). The minimum Gasteiger partial charge on any atom is -0.463 e. The molecule has 0 radical (unpaired) electrons. The zero-order valence-electron chi connectivity index (χ0n) is 9.46. The number of rotatable bonds is 3. The minimum absolute atomic E-state index is 0.103. The van der Waals surface area contributed by atoms with E-state index in [2.05, 4.69) is 24.6 Å². The molecule has 0 aliphatic heterocycles. The molecule has 0 unspecified atom stereocenters. The third kappa shape index (κ3) is 2.51. The van der Waals surface area contributed by atoms with Crippen LogP contribution in [0.4, 0.5) is 5.13 Å². The molecule has 0 aromatic carbocycles. The van der Waals surface area contributed by atoms with Crippen molar-refractivity contribution in [2.45, 2.75) is 6.92 Å². The highest BCUT2D eigenvalue weighted by molar-refractivity contribution is 7.10. The van der Waals surface area contributed by atoms with Crippen molar-refractivity contribution < 1.29 is 18.8 Å². The first-order valence-electron chi connectivity index (χ1n) is 4.77. The number of aryl methyl sites for hydroxylation is 1. The van der Waals surface area contributed by atoms with Gasteiger partial charge in [0, 0.05) is 17.6 Å². The number of hydrogen-bond acceptors (Lipinski definition) is 8. The van der Waals surface area contributed by atoms with E-state index in [1.807, 2.05) is 0 Å². The molecule has 2 aromatic rings. The summed E-state index contributed by atoms with van der Waals surface area (Å²) in [7, 11) is 1.22. The summed E-state index contributed by atoms with van der Waals surface area (Å²) < 4.78 is 12.9. The first-order chi connectivity index (χ1) is 8.60. The number of esters is 1. The van der Waals surface area contributed by atoms with E-state index >= 15 is 0 Å². The lowest BCUT2D eigenvalue weighted by atomic mass is 10.4. The second-order valence-electron chi connectivity index (χ2n) is 3.19. The maximum atomic E-state index is 11.7. The van der Waals surface area contributed by atoms with Crippen molar-refractivity contribution in [3.8, 4) is 0 Å². The molecule has 0 aliphatic carbocycles. The van der Waals surface area contributed by atoms with E-state index in [0.29, 0.717) is 5.76 Å². The van der Waals surface area contributed by atoms with Gasteiger partial charge in [-0.1, -0.05) is 5.16 Å². The molecule has 9 heteroatoms. The Hall–Kier alpha value is -2.29. The number of nitrogens with zero attached hydrogens (tertiary/aromatic N) is 3. The number of aromatic nitrogens is 3. The Bertz CT molecular complexity index is 591. The van der Waals surface area contributed by atoms with Crippen molar-refractivity contribution in [3.05, 3.63) is 23.3 Å². The fourth-order valence-electron chi connectivity index (χ4n) is 1.08. The Labute approximate surface area is 105 Å². The Morgan fingerprint density at radius 1 is 1.50 bits per heavy atom. The minimum atomic E-state index is -0.663. The molecule has 18 heavy (non-hydrogen) atoms. The normalized spacial score (nSPS) is 10.1. The van der Waals surface area contributed by atoms with Crippen molar-refractivity contribution in [1.29, 1.82) is 0 Å². The summed E-state index contributed by atoms with van der Waals surface area (Å²) in [4.78, 5) is 26.6. The van der Waals surface area contributed by atoms with Crippen molar-refractivity contribution in [2.75, 3.05) is 12.4 Å². The average molecular weight is 268 g/mol. The van der Waals surface area contributed by atoms with E-state index in [1.54, 1.807) is 6.92 Å². The van der Waals surface area contributed by atoms with Gasteiger partial charge in [0.1, 0.15) is 5.76 Å². The van der Waals surface area contributed by atoms with Crippen LogP contribution in [0.3, 0.4) is 0 Å². The Kier molecular flexibility index (Phi) is 3.33. The first kappa shape index (κ1) is 12.2. The summed E-state index contributed by atoms with van der Waals surface area (Å²) in [5.74, 6) is -0.731. The largest absolute Gasteiger partial charge is 0.463 e. The van der Waals surface area contributed by atoms with Gasteiger partial charge in [-0.3, -0.25) is 10.1 Å².